The van der Waals surface area contributed by atoms with Crippen molar-refractivity contribution in [2.24, 2.45) is 5.10 Å². The molecular weight excluding hydrogens is 208 g/mol. The van der Waals surface area contributed by atoms with Crippen molar-refractivity contribution in [2.75, 3.05) is 19.6 Å². The van der Waals surface area contributed by atoms with Crippen LogP contribution in [-0.4, -0.2) is 48.1 Å². The van der Waals surface area contributed by atoms with E-state index in [0.29, 0.717) is 25.1 Å². The maximum absolute atomic E-state index is 12.1. The van der Waals surface area contributed by atoms with E-state index in [2.05, 4.69) is 15.8 Å². The van der Waals surface area contributed by atoms with Crippen LogP contribution in [0, 0.1) is 0 Å². The van der Waals surface area contributed by atoms with Gasteiger partial charge >= 0.3 is 0 Å². The van der Waals surface area contributed by atoms with E-state index in [1.54, 1.807) is 0 Å². The van der Waals surface area contributed by atoms with Gasteiger partial charge in [-0.25, -0.2) is 5.43 Å². The molecule has 6 nitrogen and oxygen atoms in total. The largest absolute Gasteiger partial charge is 0.332 e. The highest BCUT2D eigenvalue weighted by molar-refractivity contribution is 6.39. The molecule has 2 aliphatic heterocycles. The first kappa shape index (κ1) is 11.1. The monoisotopic (exact) mass is 224 g/mol. The van der Waals surface area contributed by atoms with Crippen molar-refractivity contribution in [3.8, 4) is 0 Å². The molecule has 88 valence electrons. The summed E-state index contributed by atoms with van der Waals surface area (Å²) < 4.78 is 0. The number of amides is 2. The average Bonchev–Trinajstić information content (AvgIpc) is 2.23. The first-order chi connectivity index (χ1) is 7.72. The van der Waals surface area contributed by atoms with Gasteiger partial charge in [0.1, 0.15) is 5.71 Å². The summed E-state index contributed by atoms with van der Waals surface area (Å²) in [7, 11) is 0. The summed E-state index contributed by atoms with van der Waals surface area (Å²) in [5.74, 6) is -0.168. The number of carbonyl (C=O) groups excluding carboxylic acids is 2. The van der Waals surface area contributed by atoms with Gasteiger partial charge in [-0.2, -0.15) is 5.10 Å². The molecule has 0 atom stereocenters. The van der Waals surface area contributed by atoms with Gasteiger partial charge in [0.25, 0.3) is 5.91 Å². The Morgan fingerprint density at radius 1 is 1.50 bits per heavy atom. The standard InChI is InChI=1S/C10H16N4O2/c1-2-14(7-5-11-6-7)10(16)8-3-4-9(15)13-12-8/h7,11H,2-6H2,1H3,(H,13,15). The fraction of sp³-hybridized carbons (Fsp3) is 0.700. The molecule has 1 fully saturated rings. The molecule has 1 saturated heterocycles. The van der Waals surface area contributed by atoms with Crippen LogP contribution in [0.3, 0.4) is 0 Å². The van der Waals surface area contributed by atoms with Gasteiger partial charge < -0.3 is 10.2 Å². The minimum atomic E-state index is -0.120. The summed E-state index contributed by atoms with van der Waals surface area (Å²) in [6.45, 7) is 4.33. The molecule has 2 heterocycles. The number of nitrogens with one attached hydrogen (secondary N) is 2. The van der Waals surface area contributed by atoms with Gasteiger partial charge in [-0.05, 0) is 6.92 Å². The molecule has 2 rings (SSSR count). The van der Waals surface area contributed by atoms with Crippen LogP contribution >= 0.6 is 0 Å². The van der Waals surface area contributed by atoms with Gasteiger partial charge in [0.05, 0.1) is 6.04 Å². The van der Waals surface area contributed by atoms with Gasteiger partial charge in [0.15, 0.2) is 0 Å². The molecule has 0 aromatic rings. The summed E-state index contributed by atoms with van der Waals surface area (Å²) in [6, 6.07) is 0.276. The summed E-state index contributed by atoms with van der Waals surface area (Å²) >= 11 is 0. The second-order valence-corrected chi connectivity index (χ2v) is 4.00. The number of carbonyl (C=O) groups is 2. The third-order valence-electron chi connectivity index (χ3n) is 2.95. The van der Waals surface area contributed by atoms with Gasteiger partial charge in [-0.3, -0.25) is 9.59 Å². The number of likely N-dealkylation sites (N-methyl/N-ethyl adjacent to an activating group) is 1. The van der Waals surface area contributed by atoms with Crippen LogP contribution in [0.2, 0.25) is 0 Å². The molecule has 2 aliphatic rings. The summed E-state index contributed by atoms with van der Waals surface area (Å²) in [5, 5.41) is 6.96. The van der Waals surface area contributed by atoms with E-state index >= 15 is 0 Å². The quantitative estimate of drug-likeness (QED) is 0.650. The Balaban J connectivity index is 2.02. The summed E-state index contributed by atoms with van der Waals surface area (Å²) in [6.07, 6.45) is 0.798. The molecule has 2 N–H and O–H groups in total. The Labute approximate surface area is 94.1 Å². The Hall–Kier alpha value is -1.43. The van der Waals surface area contributed by atoms with Crippen LogP contribution in [0.15, 0.2) is 5.10 Å². The van der Waals surface area contributed by atoms with Gasteiger partial charge in [-0.1, -0.05) is 0 Å². The fourth-order valence-electron chi connectivity index (χ4n) is 1.86. The molecule has 6 heteroatoms. The van der Waals surface area contributed by atoms with E-state index in [9.17, 15) is 9.59 Å². The Morgan fingerprint density at radius 3 is 2.69 bits per heavy atom. The second-order valence-electron chi connectivity index (χ2n) is 4.00. The number of hydrazone groups is 1. The van der Waals surface area contributed by atoms with Crippen molar-refractivity contribution in [2.45, 2.75) is 25.8 Å². The zero-order valence-corrected chi connectivity index (χ0v) is 9.32. The number of hydrogen-bond donors (Lipinski definition) is 2. The van der Waals surface area contributed by atoms with Crippen LogP contribution in [0.5, 0.6) is 0 Å². The van der Waals surface area contributed by atoms with Gasteiger partial charge in [-0.15, -0.1) is 0 Å². The third-order valence-corrected chi connectivity index (χ3v) is 2.95. The molecule has 0 aromatic heterocycles. The molecule has 0 unspecified atom stereocenters. The van der Waals surface area contributed by atoms with Crippen molar-refractivity contribution in [3.05, 3.63) is 0 Å². The van der Waals surface area contributed by atoms with Crippen molar-refractivity contribution in [3.63, 3.8) is 0 Å². The first-order valence-corrected chi connectivity index (χ1v) is 5.59. The lowest BCUT2D eigenvalue weighted by molar-refractivity contribution is -0.127. The van der Waals surface area contributed by atoms with Crippen molar-refractivity contribution < 1.29 is 9.59 Å². The molecule has 0 spiro atoms. The molecule has 2 amide bonds. The molecule has 16 heavy (non-hydrogen) atoms. The van der Waals surface area contributed by atoms with Crippen molar-refractivity contribution in [1.29, 1.82) is 0 Å². The van der Waals surface area contributed by atoms with Crippen LogP contribution in [0.1, 0.15) is 19.8 Å². The van der Waals surface area contributed by atoms with Crippen LogP contribution < -0.4 is 10.7 Å². The topological polar surface area (TPSA) is 73.8 Å². The Kier molecular flexibility index (Phi) is 3.19. The minimum Gasteiger partial charge on any atom is -0.332 e. The zero-order valence-electron chi connectivity index (χ0n) is 9.32. The lowest BCUT2D eigenvalue weighted by Gasteiger charge is -2.37. The normalized spacial score (nSPS) is 20.8. The molecule has 0 bridgehead atoms. The second kappa shape index (κ2) is 4.61. The van der Waals surface area contributed by atoms with Crippen molar-refractivity contribution >= 4 is 17.5 Å². The zero-order chi connectivity index (χ0) is 11.5. The molecule has 0 aliphatic carbocycles. The predicted molar refractivity (Wildman–Crippen MR) is 58.9 cm³/mol. The van der Waals surface area contributed by atoms with Crippen LogP contribution in [0.4, 0.5) is 0 Å². The molecule has 0 radical (unpaired) electrons. The maximum atomic E-state index is 12.1. The van der Waals surface area contributed by atoms with Gasteiger partial charge in [0, 0.05) is 32.5 Å². The van der Waals surface area contributed by atoms with Crippen LogP contribution in [-0.2, 0) is 9.59 Å². The highest BCUT2D eigenvalue weighted by Gasteiger charge is 2.30. The lowest BCUT2D eigenvalue weighted by atomic mass is 10.1. The highest BCUT2D eigenvalue weighted by Crippen LogP contribution is 2.09. The smallest absolute Gasteiger partial charge is 0.270 e. The third kappa shape index (κ3) is 2.06. The van der Waals surface area contributed by atoms with Crippen LogP contribution in [0.25, 0.3) is 0 Å². The Bertz CT molecular complexity index is 336. The summed E-state index contributed by atoms with van der Waals surface area (Å²) in [5.41, 5.74) is 2.82. The fourth-order valence-corrected chi connectivity index (χ4v) is 1.86. The molecular formula is C10H16N4O2. The van der Waals surface area contributed by atoms with E-state index in [4.69, 9.17) is 0 Å². The minimum absolute atomic E-state index is 0.0472. The van der Waals surface area contributed by atoms with E-state index in [-0.39, 0.29) is 17.9 Å². The number of rotatable bonds is 3. The average molecular weight is 224 g/mol. The Morgan fingerprint density at radius 2 is 2.25 bits per heavy atom. The molecule has 0 saturated carbocycles. The van der Waals surface area contributed by atoms with Gasteiger partial charge in [0.2, 0.25) is 5.91 Å². The SMILES string of the molecule is CCN(C(=O)C1=NNC(=O)CC1)C1CNC1. The number of nitrogens with zero attached hydrogens (tertiary/aromatic N) is 2. The first-order valence-electron chi connectivity index (χ1n) is 5.59. The van der Waals surface area contributed by atoms with E-state index in [0.717, 1.165) is 13.1 Å². The van der Waals surface area contributed by atoms with E-state index in [1.165, 1.54) is 0 Å². The maximum Gasteiger partial charge on any atom is 0.270 e. The predicted octanol–water partition coefficient (Wildman–Crippen LogP) is -0.927. The van der Waals surface area contributed by atoms with Crippen molar-refractivity contribution in [1.82, 2.24) is 15.6 Å². The van der Waals surface area contributed by atoms with E-state index < -0.39 is 0 Å². The molecule has 0 aromatic carbocycles. The lowest BCUT2D eigenvalue weighted by Crippen LogP contribution is -2.60. The highest BCUT2D eigenvalue weighted by atomic mass is 16.2. The summed E-state index contributed by atoms with van der Waals surface area (Å²) in [4.78, 5) is 24.8. The number of hydrogen-bond acceptors (Lipinski definition) is 4. The van der Waals surface area contributed by atoms with E-state index in [1.807, 2.05) is 11.8 Å².